The van der Waals surface area contributed by atoms with Crippen LogP contribution in [0.25, 0.3) is 0 Å². The van der Waals surface area contributed by atoms with Crippen molar-refractivity contribution in [1.82, 2.24) is 14.8 Å². The van der Waals surface area contributed by atoms with Gasteiger partial charge in [-0.25, -0.2) is 4.68 Å². The van der Waals surface area contributed by atoms with Crippen LogP contribution < -0.4 is 15.4 Å². The molecule has 1 unspecified atom stereocenters. The number of aryl methyl sites for hydroxylation is 2. The maximum absolute atomic E-state index is 13.4. The zero-order chi connectivity index (χ0) is 24.4. The second kappa shape index (κ2) is 9.46. The number of anilines is 2. The van der Waals surface area contributed by atoms with Crippen molar-refractivity contribution in [3.63, 3.8) is 0 Å². The smallest absolute Gasteiger partial charge is 0.255 e. The summed E-state index contributed by atoms with van der Waals surface area (Å²) in [5.41, 5.74) is 6.43. The molecule has 2 heterocycles. The zero-order valence-corrected chi connectivity index (χ0v) is 19.9. The van der Waals surface area contributed by atoms with Gasteiger partial charge >= 0.3 is 0 Å². The molecule has 0 bridgehead atoms. The first-order valence-corrected chi connectivity index (χ1v) is 11.5. The number of hydrogen-bond donors (Lipinski definition) is 2. The van der Waals surface area contributed by atoms with Crippen molar-refractivity contribution in [2.24, 2.45) is 0 Å². The van der Waals surface area contributed by atoms with Gasteiger partial charge in [-0.1, -0.05) is 59.7 Å². The van der Waals surface area contributed by atoms with Crippen LogP contribution in [0.15, 0.2) is 90.4 Å². The van der Waals surface area contributed by atoms with Crippen molar-refractivity contribution < 1.29 is 9.53 Å². The number of nitrogens with zero attached hydrogens (tertiary/aromatic N) is 3. The van der Waals surface area contributed by atoms with E-state index in [1.165, 1.54) is 11.9 Å². The summed E-state index contributed by atoms with van der Waals surface area (Å²) in [6, 6.07) is 23.4. The summed E-state index contributed by atoms with van der Waals surface area (Å²) in [6.07, 6.45) is 1.49. The van der Waals surface area contributed by atoms with E-state index in [1.807, 2.05) is 62.4 Å². The normalized spacial score (nSPS) is 14.8. The molecule has 1 amide bonds. The summed E-state index contributed by atoms with van der Waals surface area (Å²) >= 11 is 0. The first-order valence-electron chi connectivity index (χ1n) is 11.5. The first kappa shape index (κ1) is 22.4. The van der Waals surface area contributed by atoms with Gasteiger partial charge in [-0.2, -0.15) is 10.1 Å². The van der Waals surface area contributed by atoms with Gasteiger partial charge in [-0.3, -0.25) is 4.79 Å². The van der Waals surface area contributed by atoms with Crippen LogP contribution in [0.2, 0.25) is 0 Å². The minimum atomic E-state index is -0.426. The second-order valence-electron chi connectivity index (χ2n) is 8.76. The number of rotatable bonds is 6. The monoisotopic (exact) mass is 465 g/mol. The quantitative estimate of drug-likeness (QED) is 0.398. The molecule has 35 heavy (non-hydrogen) atoms. The molecule has 7 nitrogen and oxygen atoms in total. The maximum atomic E-state index is 13.4. The third-order valence-corrected chi connectivity index (χ3v) is 6.07. The van der Waals surface area contributed by atoms with E-state index in [0.717, 1.165) is 33.8 Å². The predicted octanol–water partition coefficient (Wildman–Crippen LogP) is 5.40. The van der Waals surface area contributed by atoms with Gasteiger partial charge < -0.3 is 15.4 Å². The molecule has 176 valence electrons. The Morgan fingerprint density at radius 2 is 1.60 bits per heavy atom. The van der Waals surface area contributed by atoms with Crippen LogP contribution >= 0.6 is 0 Å². The molecule has 0 spiro atoms. The minimum Gasteiger partial charge on any atom is -0.489 e. The number of ether oxygens (including phenoxy) is 1. The molecule has 2 N–H and O–H groups in total. The average molecular weight is 466 g/mol. The number of aromatic nitrogens is 3. The van der Waals surface area contributed by atoms with Gasteiger partial charge in [0.05, 0.1) is 5.57 Å². The standard InChI is InChI=1S/C28H27N5O2/c1-18-4-8-21(9-5-18)16-35-24-14-10-22(11-15-24)26-25(20(3)31-28-29-17-30-33(26)28)27(34)32-23-12-6-19(2)7-13-23/h4-15,17,26H,16H2,1-3H3,(H,32,34)(H,29,30,31). The highest BCUT2D eigenvalue weighted by Crippen LogP contribution is 2.35. The number of carbonyl (C=O) groups is 1. The molecule has 7 heteroatoms. The van der Waals surface area contributed by atoms with Crippen molar-refractivity contribution in [3.8, 4) is 5.75 Å². The predicted molar refractivity (Wildman–Crippen MR) is 136 cm³/mol. The highest BCUT2D eigenvalue weighted by molar-refractivity contribution is 6.06. The number of hydrogen-bond acceptors (Lipinski definition) is 5. The third-order valence-electron chi connectivity index (χ3n) is 6.07. The Hall–Kier alpha value is -4.39. The molecular formula is C28H27N5O2. The molecule has 5 rings (SSSR count). The lowest BCUT2D eigenvalue weighted by Crippen LogP contribution is -2.31. The Kier molecular flexibility index (Phi) is 6.06. The van der Waals surface area contributed by atoms with E-state index in [4.69, 9.17) is 4.74 Å². The Balaban J connectivity index is 1.40. The fourth-order valence-corrected chi connectivity index (χ4v) is 4.13. The summed E-state index contributed by atoms with van der Waals surface area (Å²) in [4.78, 5) is 17.7. The van der Waals surface area contributed by atoms with Gasteiger partial charge in [0.15, 0.2) is 0 Å². The van der Waals surface area contributed by atoms with Crippen LogP contribution in [0.5, 0.6) is 5.75 Å². The molecule has 1 aromatic heterocycles. The summed E-state index contributed by atoms with van der Waals surface area (Å²) in [7, 11) is 0. The van der Waals surface area contributed by atoms with Gasteiger partial charge in [-0.15, -0.1) is 0 Å². The molecule has 1 atom stereocenters. The van der Waals surface area contributed by atoms with E-state index in [0.29, 0.717) is 18.1 Å². The van der Waals surface area contributed by atoms with Crippen LogP contribution in [0.1, 0.15) is 35.2 Å². The number of benzene rings is 3. The van der Waals surface area contributed by atoms with E-state index in [-0.39, 0.29) is 5.91 Å². The van der Waals surface area contributed by atoms with Gasteiger partial charge in [0.2, 0.25) is 5.95 Å². The average Bonchev–Trinajstić information content (AvgIpc) is 3.32. The fraction of sp³-hybridized carbons (Fsp3) is 0.179. The van der Waals surface area contributed by atoms with E-state index >= 15 is 0 Å². The Bertz CT molecular complexity index is 1370. The van der Waals surface area contributed by atoms with Crippen molar-refractivity contribution >= 4 is 17.5 Å². The number of fused-ring (bicyclic) bond motifs is 1. The van der Waals surface area contributed by atoms with E-state index < -0.39 is 6.04 Å². The summed E-state index contributed by atoms with van der Waals surface area (Å²) in [6.45, 7) is 6.45. The van der Waals surface area contributed by atoms with Crippen LogP contribution in [0.3, 0.4) is 0 Å². The van der Waals surface area contributed by atoms with Crippen molar-refractivity contribution in [2.45, 2.75) is 33.4 Å². The molecular weight excluding hydrogens is 438 g/mol. The molecule has 0 aliphatic carbocycles. The van der Waals surface area contributed by atoms with E-state index in [1.54, 1.807) is 4.68 Å². The number of allylic oxidation sites excluding steroid dienone is 1. The van der Waals surface area contributed by atoms with Crippen LogP contribution in [0, 0.1) is 13.8 Å². The second-order valence-corrected chi connectivity index (χ2v) is 8.76. The van der Waals surface area contributed by atoms with Crippen molar-refractivity contribution in [2.75, 3.05) is 10.6 Å². The highest BCUT2D eigenvalue weighted by Gasteiger charge is 2.33. The number of carbonyl (C=O) groups excluding carboxylic acids is 1. The van der Waals surface area contributed by atoms with Gasteiger partial charge in [0.1, 0.15) is 24.7 Å². The summed E-state index contributed by atoms with van der Waals surface area (Å²) in [5.74, 6) is 1.16. The van der Waals surface area contributed by atoms with Gasteiger partial charge in [0, 0.05) is 11.4 Å². The van der Waals surface area contributed by atoms with Gasteiger partial charge in [-0.05, 0) is 56.2 Å². The minimum absolute atomic E-state index is 0.190. The third kappa shape index (κ3) is 4.80. The zero-order valence-electron chi connectivity index (χ0n) is 19.9. The maximum Gasteiger partial charge on any atom is 0.255 e. The molecule has 1 aliphatic rings. The number of amides is 1. The number of nitrogens with one attached hydrogen (secondary N) is 2. The largest absolute Gasteiger partial charge is 0.489 e. The Labute approximate surface area is 204 Å². The SMILES string of the molecule is CC1=C(C(=O)Nc2ccc(C)cc2)C(c2ccc(OCc3ccc(C)cc3)cc2)n2ncnc2N1. The van der Waals surface area contributed by atoms with Crippen molar-refractivity contribution in [1.29, 1.82) is 0 Å². The fourth-order valence-electron chi connectivity index (χ4n) is 4.13. The lowest BCUT2D eigenvalue weighted by Gasteiger charge is -2.28. The van der Waals surface area contributed by atoms with Crippen LogP contribution in [-0.2, 0) is 11.4 Å². The van der Waals surface area contributed by atoms with E-state index in [2.05, 4.69) is 51.9 Å². The molecule has 1 aliphatic heterocycles. The van der Waals surface area contributed by atoms with Crippen molar-refractivity contribution in [3.05, 3.63) is 113 Å². The topological polar surface area (TPSA) is 81.1 Å². The van der Waals surface area contributed by atoms with Crippen LogP contribution in [-0.4, -0.2) is 20.7 Å². The van der Waals surface area contributed by atoms with E-state index in [9.17, 15) is 4.79 Å². The first-order chi connectivity index (χ1) is 17.0. The molecule has 0 fully saturated rings. The molecule has 0 saturated heterocycles. The highest BCUT2D eigenvalue weighted by atomic mass is 16.5. The molecule has 0 radical (unpaired) electrons. The summed E-state index contributed by atoms with van der Waals surface area (Å²) in [5, 5.41) is 10.6. The Morgan fingerprint density at radius 1 is 0.943 bits per heavy atom. The molecule has 3 aromatic carbocycles. The van der Waals surface area contributed by atoms with Crippen LogP contribution in [0.4, 0.5) is 11.6 Å². The molecule has 0 saturated carbocycles. The summed E-state index contributed by atoms with van der Waals surface area (Å²) < 4.78 is 7.71. The molecule has 4 aromatic rings. The van der Waals surface area contributed by atoms with Gasteiger partial charge in [0.25, 0.3) is 5.91 Å². The lowest BCUT2D eigenvalue weighted by atomic mass is 9.95. The Morgan fingerprint density at radius 3 is 2.29 bits per heavy atom. The lowest BCUT2D eigenvalue weighted by molar-refractivity contribution is -0.113.